The molecule has 0 spiro atoms. The molecule has 1 unspecified atom stereocenters. The molecule has 0 aliphatic heterocycles. The van der Waals surface area contributed by atoms with Crippen LogP contribution in [-0.4, -0.2) is 37.6 Å². The molecule has 0 bridgehead atoms. The summed E-state index contributed by atoms with van der Waals surface area (Å²) in [6.07, 6.45) is 2.99. The Kier molecular flexibility index (Phi) is 4.20. The quantitative estimate of drug-likeness (QED) is 0.705. The molecular formula is C10H14N2O3. The van der Waals surface area contributed by atoms with Crippen molar-refractivity contribution in [2.24, 2.45) is 5.73 Å². The third kappa shape index (κ3) is 3.00. The van der Waals surface area contributed by atoms with Gasteiger partial charge in [0.05, 0.1) is 26.0 Å². The van der Waals surface area contributed by atoms with Crippen LogP contribution in [0.3, 0.4) is 0 Å². The van der Waals surface area contributed by atoms with Crippen LogP contribution in [0.5, 0.6) is 5.75 Å². The standard InChI is InChI=1S/C10H14N2O3/c1-14-6-9(11)10(13)7-3-8(15-2)5-12-4-7/h3-5,9H,6,11H2,1-2H3. The molecule has 0 aliphatic carbocycles. The number of carbonyl (C=O) groups excluding carboxylic acids is 1. The van der Waals surface area contributed by atoms with Gasteiger partial charge in [0, 0.05) is 18.9 Å². The summed E-state index contributed by atoms with van der Waals surface area (Å²) in [5.74, 6) is 0.328. The summed E-state index contributed by atoms with van der Waals surface area (Å²) in [5.41, 5.74) is 6.04. The van der Waals surface area contributed by atoms with Crippen LogP contribution < -0.4 is 10.5 Å². The lowest BCUT2D eigenvalue weighted by Gasteiger charge is -2.09. The Bertz CT molecular complexity index is 341. The van der Waals surface area contributed by atoms with Gasteiger partial charge in [-0.15, -0.1) is 0 Å². The summed E-state index contributed by atoms with van der Waals surface area (Å²) >= 11 is 0. The average molecular weight is 210 g/mol. The van der Waals surface area contributed by atoms with Crippen LogP contribution in [0.2, 0.25) is 0 Å². The van der Waals surface area contributed by atoms with Gasteiger partial charge in [-0.1, -0.05) is 0 Å². The van der Waals surface area contributed by atoms with Crippen LogP contribution in [0.25, 0.3) is 0 Å². The van der Waals surface area contributed by atoms with Crippen LogP contribution in [0, 0.1) is 0 Å². The van der Waals surface area contributed by atoms with Crippen molar-refractivity contribution in [3.63, 3.8) is 0 Å². The van der Waals surface area contributed by atoms with E-state index in [9.17, 15) is 4.79 Å². The minimum Gasteiger partial charge on any atom is -0.495 e. The normalized spacial score (nSPS) is 12.2. The average Bonchev–Trinajstić information content (AvgIpc) is 2.28. The van der Waals surface area contributed by atoms with Crippen LogP contribution >= 0.6 is 0 Å². The van der Waals surface area contributed by atoms with Gasteiger partial charge in [0.15, 0.2) is 5.78 Å². The van der Waals surface area contributed by atoms with Crippen molar-refractivity contribution in [2.45, 2.75) is 6.04 Å². The Morgan fingerprint density at radius 1 is 1.53 bits per heavy atom. The molecule has 0 aromatic carbocycles. The number of hydrogen-bond acceptors (Lipinski definition) is 5. The zero-order chi connectivity index (χ0) is 11.3. The zero-order valence-electron chi connectivity index (χ0n) is 8.77. The van der Waals surface area contributed by atoms with E-state index < -0.39 is 6.04 Å². The van der Waals surface area contributed by atoms with Gasteiger partial charge in [-0.05, 0) is 6.07 Å². The van der Waals surface area contributed by atoms with E-state index in [1.807, 2.05) is 0 Å². The number of nitrogens with zero attached hydrogens (tertiary/aromatic N) is 1. The fourth-order valence-electron chi connectivity index (χ4n) is 1.13. The number of pyridine rings is 1. The molecule has 1 heterocycles. The van der Waals surface area contributed by atoms with E-state index in [2.05, 4.69) is 4.98 Å². The van der Waals surface area contributed by atoms with Crippen LogP contribution in [0.4, 0.5) is 0 Å². The highest BCUT2D eigenvalue weighted by Gasteiger charge is 2.16. The van der Waals surface area contributed by atoms with Crippen molar-refractivity contribution < 1.29 is 14.3 Å². The monoisotopic (exact) mass is 210 g/mol. The fourth-order valence-corrected chi connectivity index (χ4v) is 1.13. The highest BCUT2D eigenvalue weighted by molar-refractivity contribution is 6.00. The van der Waals surface area contributed by atoms with Gasteiger partial charge in [-0.2, -0.15) is 0 Å². The van der Waals surface area contributed by atoms with E-state index >= 15 is 0 Å². The van der Waals surface area contributed by atoms with E-state index in [0.717, 1.165) is 0 Å². The second-order valence-corrected chi connectivity index (χ2v) is 3.04. The number of nitrogens with two attached hydrogens (primary N) is 1. The number of aromatic nitrogens is 1. The largest absolute Gasteiger partial charge is 0.495 e. The van der Waals surface area contributed by atoms with Gasteiger partial charge < -0.3 is 15.2 Å². The SMILES string of the molecule is COCC(N)C(=O)c1cncc(OC)c1. The number of ketones is 1. The van der Waals surface area contributed by atoms with Crippen molar-refractivity contribution >= 4 is 5.78 Å². The second kappa shape index (κ2) is 5.43. The van der Waals surface area contributed by atoms with Gasteiger partial charge in [0.1, 0.15) is 5.75 Å². The third-order valence-corrected chi connectivity index (χ3v) is 1.92. The number of Topliss-reactive ketones (excluding diaryl/α,β-unsaturated/α-hetero) is 1. The third-order valence-electron chi connectivity index (χ3n) is 1.92. The van der Waals surface area contributed by atoms with Crippen LogP contribution in [0.1, 0.15) is 10.4 Å². The first-order valence-corrected chi connectivity index (χ1v) is 4.46. The molecule has 0 saturated carbocycles. The molecule has 15 heavy (non-hydrogen) atoms. The summed E-state index contributed by atoms with van der Waals surface area (Å²) in [6, 6.07) is 0.939. The van der Waals surface area contributed by atoms with Crippen molar-refractivity contribution in [3.05, 3.63) is 24.0 Å². The van der Waals surface area contributed by atoms with Gasteiger partial charge in [-0.25, -0.2) is 0 Å². The number of methoxy groups -OCH3 is 2. The second-order valence-electron chi connectivity index (χ2n) is 3.04. The van der Waals surface area contributed by atoms with E-state index in [-0.39, 0.29) is 12.4 Å². The molecule has 0 amide bonds. The number of ether oxygens (including phenoxy) is 2. The first-order valence-electron chi connectivity index (χ1n) is 4.46. The number of rotatable bonds is 5. The van der Waals surface area contributed by atoms with E-state index in [0.29, 0.717) is 11.3 Å². The Morgan fingerprint density at radius 3 is 2.87 bits per heavy atom. The first kappa shape index (κ1) is 11.6. The molecule has 2 N–H and O–H groups in total. The highest BCUT2D eigenvalue weighted by Crippen LogP contribution is 2.11. The molecule has 1 aromatic heterocycles. The van der Waals surface area contributed by atoms with E-state index in [1.165, 1.54) is 26.6 Å². The van der Waals surface area contributed by atoms with Crippen LogP contribution in [0.15, 0.2) is 18.5 Å². The van der Waals surface area contributed by atoms with Gasteiger partial charge in [0.25, 0.3) is 0 Å². The lowest BCUT2D eigenvalue weighted by Crippen LogP contribution is -2.34. The predicted molar refractivity (Wildman–Crippen MR) is 55.0 cm³/mol. The Hall–Kier alpha value is -1.46. The number of carbonyl (C=O) groups is 1. The van der Waals surface area contributed by atoms with Gasteiger partial charge in [0.2, 0.25) is 0 Å². The van der Waals surface area contributed by atoms with E-state index in [4.69, 9.17) is 15.2 Å². The topological polar surface area (TPSA) is 74.4 Å². The predicted octanol–water partition coefficient (Wildman–Crippen LogP) is 0.247. The van der Waals surface area contributed by atoms with Crippen LogP contribution in [-0.2, 0) is 4.74 Å². The minimum atomic E-state index is -0.663. The summed E-state index contributed by atoms with van der Waals surface area (Å²) in [6.45, 7) is 0.191. The molecule has 1 rings (SSSR count). The fraction of sp³-hybridized carbons (Fsp3) is 0.400. The Morgan fingerprint density at radius 2 is 2.27 bits per heavy atom. The summed E-state index contributed by atoms with van der Waals surface area (Å²) < 4.78 is 9.76. The van der Waals surface area contributed by atoms with Crippen molar-refractivity contribution in [1.82, 2.24) is 4.98 Å². The molecule has 0 fully saturated rings. The smallest absolute Gasteiger partial charge is 0.183 e. The molecule has 1 atom stereocenters. The zero-order valence-corrected chi connectivity index (χ0v) is 8.77. The maximum Gasteiger partial charge on any atom is 0.183 e. The highest BCUT2D eigenvalue weighted by atomic mass is 16.5. The number of hydrogen-bond donors (Lipinski definition) is 1. The lowest BCUT2D eigenvalue weighted by molar-refractivity contribution is 0.0891. The van der Waals surface area contributed by atoms with Gasteiger partial charge >= 0.3 is 0 Å². The maximum atomic E-state index is 11.7. The first-order chi connectivity index (χ1) is 7.19. The van der Waals surface area contributed by atoms with Crippen molar-refractivity contribution in [3.8, 4) is 5.75 Å². The summed E-state index contributed by atoms with van der Waals surface area (Å²) in [7, 11) is 3.01. The molecule has 0 saturated heterocycles. The molecule has 0 radical (unpaired) electrons. The molecule has 5 heteroatoms. The van der Waals surface area contributed by atoms with Crippen molar-refractivity contribution in [2.75, 3.05) is 20.8 Å². The Labute approximate surface area is 88.2 Å². The Balaban J connectivity index is 2.81. The molecule has 1 aromatic rings. The van der Waals surface area contributed by atoms with Gasteiger partial charge in [-0.3, -0.25) is 9.78 Å². The summed E-state index contributed by atoms with van der Waals surface area (Å²) in [4.78, 5) is 15.6. The maximum absolute atomic E-state index is 11.7. The minimum absolute atomic E-state index is 0.191. The van der Waals surface area contributed by atoms with E-state index in [1.54, 1.807) is 6.07 Å². The molecule has 82 valence electrons. The lowest BCUT2D eigenvalue weighted by atomic mass is 10.1. The summed E-state index contributed by atoms with van der Waals surface area (Å²) in [5, 5.41) is 0. The van der Waals surface area contributed by atoms with Crippen molar-refractivity contribution in [1.29, 1.82) is 0 Å². The molecule has 0 aliphatic rings. The molecule has 5 nitrogen and oxygen atoms in total. The molecular weight excluding hydrogens is 196 g/mol.